The van der Waals surface area contributed by atoms with Gasteiger partial charge in [0, 0.05) is 31.9 Å². The molecule has 0 saturated carbocycles. The fraction of sp³-hybridized carbons (Fsp3) is 0.423. The van der Waals surface area contributed by atoms with Crippen LogP contribution in [0.25, 0.3) is 11.1 Å². The van der Waals surface area contributed by atoms with Crippen LogP contribution < -0.4 is 5.32 Å². The number of piperidine rings is 1. The first kappa shape index (κ1) is 25.1. The average Bonchev–Trinajstić information content (AvgIpc) is 3.20. The van der Waals surface area contributed by atoms with Gasteiger partial charge in [0.05, 0.1) is 12.3 Å². The SMILES string of the molecule is COC1(C(=O)O)CCCN(C(=O)CSCCNC(=O)OCC2c3ccccc3-c3ccccc32)C1. The van der Waals surface area contributed by atoms with Gasteiger partial charge in [-0.15, -0.1) is 0 Å². The number of carbonyl (C=O) groups excluding carboxylic acids is 2. The molecule has 35 heavy (non-hydrogen) atoms. The molecule has 0 bridgehead atoms. The molecule has 2 N–H and O–H groups in total. The summed E-state index contributed by atoms with van der Waals surface area (Å²) in [5.41, 5.74) is 3.35. The Labute approximate surface area is 209 Å². The number of methoxy groups -OCH3 is 1. The maximum Gasteiger partial charge on any atom is 0.407 e. The monoisotopic (exact) mass is 498 g/mol. The molecule has 1 heterocycles. The smallest absolute Gasteiger partial charge is 0.407 e. The normalized spacial score (nSPS) is 19.1. The van der Waals surface area contributed by atoms with E-state index in [1.165, 1.54) is 30.0 Å². The minimum absolute atomic E-state index is 0.00899. The molecule has 9 heteroatoms. The van der Waals surface area contributed by atoms with Crippen LogP contribution in [-0.4, -0.2) is 78.4 Å². The first-order valence-corrected chi connectivity index (χ1v) is 12.8. The lowest BCUT2D eigenvalue weighted by molar-refractivity contribution is -0.170. The number of thioether (sulfide) groups is 1. The number of aliphatic carboxylic acids is 1. The summed E-state index contributed by atoms with van der Waals surface area (Å²) in [7, 11) is 1.37. The summed E-state index contributed by atoms with van der Waals surface area (Å²) in [5, 5.41) is 12.2. The lowest BCUT2D eigenvalue weighted by atomic mass is 9.92. The van der Waals surface area contributed by atoms with Crippen LogP contribution in [0.4, 0.5) is 4.79 Å². The zero-order chi connectivity index (χ0) is 24.8. The van der Waals surface area contributed by atoms with Crippen molar-refractivity contribution in [3.05, 3.63) is 59.7 Å². The average molecular weight is 499 g/mol. The van der Waals surface area contributed by atoms with E-state index in [9.17, 15) is 19.5 Å². The Balaban J connectivity index is 1.18. The topological polar surface area (TPSA) is 105 Å². The maximum atomic E-state index is 12.5. The van der Waals surface area contributed by atoms with Gasteiger partial charge in [0.25, 0.3) is 0 Å². The standard InChI is InChI=1S/C26H30N2O6S/c1-33-26(24(30)31)11-6-13-28(17-26)23(29)16-35-14-12-27-25(32)34-15-22-20-9-4-2-7-18(20)19-8-3-5-10-21(19)22/h2-5,7-10,22H,6,11-17H2,1H3,(H,27,32)(H,30,31). The molecular formula is C26H30N2O6S. The highest BCUT2D eigenvalue weighted by Gasteiger charge is 2.43. The van der Waals surface area contributed by atoms with E-state index in [4.69, 9.17) is 9.47 Å². The van der Waals surface area contributed by atoms with Gasteiger partial charge in [-0.2, -0.15) is 11.8 Å². The number of rotatable bonds is 9. The predicted molar refractivity (Wildman–Crippen MR) is 134 cm³/mol. The van der Waals surface area contributed by atoms with Crippen LogP contribution in [0.15, 0.2) is 48.5 Å². The molecular weight excluding hydrogens is 468 g/mol. The van der Waals surface area contributed by atoms with Gasteiger partial charge in [-0.25, -0.2) is 9.59 Å². The summed E-state index contributed by atoms with van der Waals surface area (Å²) in [6, 6.07) is 16.4. The fourth-order valence-electron chi connectivity index (χ4n) is 4.79. The molecule has 2 aromatic rings. The second kappa shape index (κ2) is 11.1. The number of hydrogen-bond donors (Lipinski definition) is 2. The minimum atomic E-state index is -1.33. The van der Waals surface area contributed by atoms with E-state index >= 15 is 0 Å². The molecule has 0 radical (unpaired) electrons. The van der Waals surface area contributed by atoms with E-state index in [2.05, 4.69) is 29.6 Å². The summed E-state index contributed by atoms with van der Waals surface area (Å²) < 4.78 is 10.7. The lowest BCUT2D eigenvalue weighted by Gasteiger charge is -2.38. The lowest BCUT2D eigenvalue weighted by Crippen LogP contribution is -2.56. The Morgan fingerprint density at radius 1 is 1.11 bits per heavy atom. The van der Waals surface area contributed by atoms with Gasteiger partial charge >= 0.3 is 12.1 Å². The van der Waals surface area contributed by atoms with Crippen molar-refractivity contribution in [1.82, 2.24) is 10.2 Å². The van der Waals surface area contributed by atoms with Gasteiger partial charge in [0.15, 0.2) is 5.60 Å². The first-order valence-electron chi connectivity index (χ1n) is 11.7. The number of alkyl carbamates (subject to hydrolysis) is 1. The highest BCUT2D eigenvalue weighted by atomic mass is 32.2. The largest absolute Gasteiger partial charge is 0.479 e. The van der Waals surface area contributed by atoms with Crippen molar-refractivity contribution in [2.24, 2.45) is 0 Å². The van der Waals surface area contributed by atoms with Crippen molar-refractivity contribution in [1.29, 1.82) is 0 Å². The molecule has 2 amide bonds. The molecule has 2 aromatic carbocycles. The zero-order valence-corrected chi connectivity index (χ0v) is 20.5. The summed E-state index contributed by atoms with van der Waals surface area (Å²) in [4.78, 5) is 37.9. The van der Waals surface area contributed by atoms with Crippen LogP contribution >= 0.6 is 11.8 Å². The molecule has 1 aliphatic carbocycles. The van der Waals surface area contributed by atoms with Crippen molar-refractivity contribution in [2.45, 2.75) is 24.4 Å². The molecule has 0 spiro atoms. The van der Waals surface area contributed by atoms with E-state index in [1.807, 2.05) is 24.3 Å². The Hall–Kier alpha value is -3.04. The van der Waals surface area contributed by atoms with E-state index < -0.39 is 17.7 Å². The highest BCUT2D eigenvalue weighted by molar-refractivity contribution is 7.99. The van der Waals surface area contributed by atoms with Crippen molar-refractivity contribution < 1.29 is 29.0 Å². The molecule has 2 aliphatic rings. The Bertz CT molecular complexity index is 1050. The third-order valence-corrected chi connectivity index (χ3v) is 7.62. The van der Waals surface area contributed by atoms with E-state index in [0.29, 0.717) is 31.7 Å². The maximum absolute atomic E-state index is 12.5. The van der Waals surface area contributed by atoms with Crippen LogP contribution in [-0.2, 0) is 19.1 Å². The van der Waals surface area contributed by atoms with Crippen LogP contribution in [0.1, 0.15) is 29.9 Å². The molecule has 8 nitrogen and oxygen atoms in total. The molecule has 4 rings (SSSR count). The van der Waals surface area contributed by atoms with Crippen LogP contribution in [0, 0.1) is 0 Å². The second-order valence-electron chi connectivity index (χ2n) is 8.73. The summed E-state index contributed by atoms with van der Waals surface area (Å²) >= 11 is 1.39. The third-order valence-electron chi connectivity index (χ3n) is 6.67. The van der Waals surface area contributed by atoms with E-state index in [-0.39, 0.29) is 30.7 Å². The summed E-state index contributed by atoms with van der Waals surface area (Å²) in [6.45, 7) is 1.20. The quantitative estimate of drug-likeness (QED) is 0.511. The van der Waals surface area contributed by atoms with Crippen LogP contribution in [0.2, 0.25) is 0 Å². The van der Waals surface area contributed by atoms with Gasteiger partial charge in [-0.1, -0.05) is 48.5 Å². The number of carboxylic acids is 1. The molecule has 1 unspecified atom stereocenters. The molecule has 1 fully saturated rings. The first-order chi connectivity index (χ1) is 16.9. The van der Waals surface area contributed by atoms with Gasteiger partial charge in [-0.05, 0) is 35.1 Å². The fourth-order valence-corrected chi connectivity index (χ4v) is 5.54. The predicted octanol–water partition coefficient (Wildman–Crippen LogP) is 3.35. The van der Waals surface area contributed by atoms with Crippen molar-refractivity contribution in [3.8, 4) is 11.1 Å². The summed E-state index contributed by atoms with van der Waals surface area (Å²) in [6.07, 6.45) is 0.487. The number of hydrogen-bond acceptors (Lipinski definition) is 6. The number of likely N-dealkylation sites (tertiary alicyclic amines) is 1. The second-order valence-corrected chi connectivity index (χ2v) is 9.83. The third kappa shape index (κ3) is 5.46. The van der Waals surface area contributed by atoms with Gasteiger partial charge in [-0.3, -0.25) is 4.79 Å². The molecule has 0 aromatic heterocycles. The molecule has 1 saturated heterocycles. The number of ether oxygens (including phenoxy) is 2. The van der Waals surface area contributed by atoms with Crippen LogP contribution in [0.3, 0.4) is 0 Å². The number of fused-ring (bicyclic) bond motifs is 3. The number of nitrogens with one attached hydrogen (secondary N) is 1. The number of carboxylic acid groups (broad SMARTS) is 1. The Morgan fingerprint density at radius 3 is 2.40 bits per heavy atom. The Kier molecular flexibility index (Phi) is 7.97. The number of carbonyl (C=O) groups is 3. The summed E-state index contributed by atoms with van der Waals surface area (Å²) in [5.74, 6) is -0.408. The van der Waals surface area contributed by atoms with E-state index in [0.717, 1.165) is 11.1 Å². The number of benzene rings is 2. The van der Waals surface area contributed by atoms with Crippen molar-refractivity contribution in [2.75, 3.05) is 44.9 Å². The number of nitrogens with zero attached hydrogens (tertiary/aromatic N) is 1. The minimum Gasteiger partial charge on any atom is -0.479 e. The Morgan fingerprint density at radius 2 is 1.77 bits per heavy atom. The van der Waals surface area contributed by atoms with Crippen molar-refractivity contribution >= 4 is 29.7 Å². The van der Waals surface area contributed by atoms with Crippen molar-refractivity contribution in [3.63, 3.8) is 0 Å². The van der Waals surface area contributed by atoms with Gasteiger partial charge < -0.3 is 24.8 Å². The highest BCUT2D eigenvalue weighted by Crippen LogP contribution is 2.44. The molecule has 186 valence electrons. The van der Waals surface area contributed by atoms with E-state index in [1.54, 1.807) is 4.90 Å². The van der Waals surface area contributed by atoms with Gasteiger partial charge in [0.2, 0.25) is 5.91 Å². The zero-order valence-electron chi connectivity index (χ0n) is 19.7. The van der Waals surface area contributed by atoms with Gasteiger partial charge in [0.1, 0.15) is 6.61 Å². The van der Waals surface area contributed by atoms with Crippen LogP contribution in [0.5, 0.6) is 0 Å². The molecule has 1 aliphatic heterocycles. The molecule has 1 atom stereocenters. The number of amides is 2.